The van der Waals surface area contributed by atoms with Crippen LogP contribution in [-0.4, -0.2) is 23.0 Å². The Bertz CT molecular complexity index is 942. The fraction of sp³-hybridized carbons (Fsp3) is 0.125. The van der Waals surface area contributed by atoms with Crippen LogP contribution in [0.1, 0.15) is 27.6 Å². The summed E-state index contributed by atoms with van der Waals surface area (Å²) in [6, 6.07) is 3.76. The van der Waals surface area contributed by atoms with Gasteiger partial charge in [-0.3, -0.25) is 4.79 Å². The van der Waals surface area contributed by atoms with Gasteiger partial charge in [0.1, 0.15) is 23.4 Å². The number of carbonyl (C=O) groups is 1. The summed E-state index contributed by atoms with van der Waals surface area (Å²) in [5.41, 5.74) is 5.39. The third kappa shape index (κ3) is 2.67. The number of aromatic amines is 1. The number of pyridine rings is 1. The van der Waals surface area contributed by atoms with Crippen LogP contribution >= 0.6 is 15.9 Å². The van der Waals surface area contributed by atoms with Crippen LogP contribution in [0.3, 0.4) is 0 Å². The van der Waals surface area contributed by atoms with Gasteiger partial charge in [0.2, 0.25) is 0 Å². The second-order valence-electron chi connectivity index (χ2n) is 5.10. The van der Waals surface area contributed by atoms with Gasteiger partial charge in [-0.15, -0.1) is 0 Å². The molecule has 24 heavy (non-hydrogen) atoms. The van der Waals surface area contributed by atoms with Crippen molar-refractivity contribution in [1.29, 1.82) is 0 Å². The Labute approximate surface area is 144 Å². The van der Waals surface area contributed by atoms with Crippen molar-refractivity contribution in [2.75, 3.05) is 7.11 Å². The van der Waals surface area contributed by atoms with Gasteiger partial charge in [0.25, 0.3) is 5.91 Å². The van der Waals surface area contributed by atoms with Crippen molar-refractivity contribution in [3.8, 4) is 0 Å². The summed E-state index contributed by atoms with van der Waals surface area (Å²) < 4.78 is 35.0. The molecule has 0 saturated carbocycles. The number of fused-ring (bicyclic) bond motifs is 1. The summed E-state index contributed by atoms with van der Waals surface area (Å²) in [4.78, 5) is 18.4. The van der Waals surface area contributed by atoms with E-state index in [2.05, 4.69) is 25.9 Å². The normalized spacial score (nSPS) is 12.5. The van der Waals surface area contributed by atoms with Crippen LogP contribution in [0.5, 0.6) is 0 Å². The van der Waals surface area contributed by atoms with Crippen LogP contribution in [0, 0.1) is 11.6 Å². The molecule has 5 nitrogen and oxygen atoms in total. The summed E-state index contributed by atoms with van der Waals surface area (Å²) in [6.07, 6.45) is 2.09. The quantitative estimate of drug-likeness (QED) is 0.709. The first-order chi connectivity index (χ1) is 11.4. The lowest BCUT2D eigenvalue weighted by molar-refractivity contribution is 0.0993. The third-order valence-electron chi connectivity index (χ3n) is 3.70. The molecule has 0 saturated heterocycles. The molecule has 0 bridgehead atoms. The number of hydrogen-bond donors (Lipinski definition) is 2. The first kappa shape index (κ1) is 16.5. The maximum Gasteiger partial charge on any atom is 0.251 e. The number of nitrogens with zero attached hydrogens (tertiary/aromatic N) is 1. The zero-order chi connectivity index (χ0) is 17.4. The highest BCUT2D eigenvalue weighted by molar-refractivity contribution is 9.10. The molecule has 1 amide bonds. The molecule has 0 aliphatic heterocycles. The Balaban J connectivity index is 2.24. The molecule has 1 atom stereocenters. The molecule has 2 heterocycles. The molecule has 3 rings (SSSR count). The number of benzene rings is 1. The molecule has 3 N–H and O–H groups in total. The predicted octanol–water partition coefficient (Wildman–Crippen LogP) is 3.44. The van der Waals surface area contributed by atoms with Gasteiger partial charge in [-0.25, -0.2) is 13.8 Å². The van der Waals surface area contributed by atoms with Crippen LogP contribution in [0.2, 0.25) is 0 Å². The predicted molar refractivity (Wildman–Crippen MR) is 87.5 cm³/mol. The van der Waals surface area contributed by atoms with Crippen molar-refractivity contribution in [1.82, 2.24) is 9.97 Å². The Hall–Kier alpha value is -2.32. The Kier molecular flexibility index (Phi) is 4.33. The zero-order valence-electron chi connectivity index (χ0n) is 12.4. The van der Waals surface area contributed by atoms with Crippen LogP contribution in [-0.2, 0) is 4.74 Å². The molecule has 124 valence electrons. The number of aromatic nitrogens is 2. The third-order valence-corrected chi connectivity index (χ3v) is 4.14. The van der Waals surface area contributed by atoms with E-state index in [1.807, 2.05) is 0 Å². The van der Waals surface area contributed by atoms with Crippen molar-refractivity contribution in [2.24, 2.45) is 5.73 Å². The summed E-state index contributed by atoms with van der Waals surface area (Å²) in [5.74, 6) is -2.85. The number of H-pyrrole nitrogens is 1. The highest BCUT2D eigenvalue weighted by Crippen LogP contribution is 2.35. The van der Waals surface area contributed by atoms with Crippen molar-refractivity contribution >= 4 is 32.9 Å². The van der Waals surface area contributed by atoms with Crippen LogP contribution in [0.15, 0.2) is 35.1 Å². The van der Waals surface area contributed by atoms with Gasteiger partial charge in [0.05, 0.1) is 11.1 Å². The van der Waals surface area contributed by atoms with Gasteiger partial charge in [0.15, 0.2) is 0 Å². The summed E-state index contributed by atoms with van der Waals surface area (Å²) in [6.45, 7) is 0. The maximum absolute atomic E-state index is 14.6. The minimum absolute atomic E-state index is 0.380. The molecular weight excluding hydrogens is 384 g/mol. The van der Waals surface area contributed by atoms with Gasteiger partial charge >= 0.3 is 0 Å². The number of primary amides is 1. The minimum atomic E-state index is -1.07. The highest BCUT2D eigenvalue weighted by atomic mass is 79.9. The lowest BCUT2D eigenvalue weighted by atomic mass is 9.98. The van der Waals surface area contributed by atoms with Gasteiger partial charge < -0.3 is 15.5 Å². The number of halogens is 3. The molecule has 0 aliphatic rings. The van der Waals surface area contributed by atoms with E-state index in [4.69, 9.17) is 10.5 Å². The Morgan fingerprint density at radius 2 is 2.17 bits per heavy atom. The molecule has 1 aromatic carbocycles. The van der Waals surface area contributed by atoms with E-state index < -0.39 is 29.2 Å². The van der Waals surface area contributed by atoms with Gasteiger partial charge in [0, 0.05) is 34.9 Å². The molecule has 0 radical (unpaired) electrons. The number of carbonyl (C=O) groups excluding carboxylic acids is 1. The van der Waals surface area contributed by atoms with Gasteiger partial charge in [-0.1, -0.05) is 0 Å². The van der Waals surface area contributed by atoms with E-state index in [0.29, 0.717) is 21.1 Å². The molecular formula is C16H12BrF2N3O2. The number of hydrogen-bond acceptors (Lipinski definition) is 3. The molecule has 0 aliphatic carbocycles. The molecule has 0 fully saturated rings. The maximum atomic E-state index is 14.6. The number of nitrogens with two attached hydrogens (primary N) is 1. The fourth-order valence-electron chi connectivity index (χ4n) is 2.62. The van der Waals surface area contributed by atoms with E-state index in [9.17, 15) is 13.6 Å². The monoisotopic (exact) mass is 395 g/mol. The molecule has 3 aromatic rings. The number of nitrogens with one attached hydrogen (secondary N) is 1. The molecule has 1 unspecified atom stereocenters. The largest absolute Gasteiger partial charge is 0.372 e. The highest BCUT2D eigenvalue weighted by Gasteiger charge is 2.27. The molecule has 2 aromatic heterocycles. The van der Waals surface area contributed by atoms with Crippen molar-refractivity contribution < 1.29 is 18.3 Å². The first-order valence-corrected chi connectivity index (χ1v) is 7.66. The van der Waals surface area contributed by atoms with E-state index in [0.717, 1.165) is 12.1 Å². The SMILES string of the molecule is COC(c1c(F)ccc(C(N)=O)c1F)c1c[nH]c2ncc(Br)cc12. The lowest BCUT2D eigenvalue weighted by Gasteiger charge is -2.18. The average molecular weight is 396 g/mol. The minimum Gasteiger partial charge on any atom is -0.372 e. The summed E-state index contributed by atoms with van der Waals surface area (Å²) >= 11 is 3.31. The second-order valence-corrected chi connectivity index (χ2v) is 6.01. The number of ether oxygens (including phenoxy) is 1. The van der Waals surface area contributed by atoms with E-state index in [1.165, 1.54) is 7.11 Å². The summed E-state index contributed by atoms with van der Waals surface area (Å²) in [7, 11) is 1.32. The fourth-order valence-corrected chi connectivity index (χ4v) is 2.95. The molecule has 8 heteroatoms. The van der Waals surface area contributed by atoms with Gasteiger partial charge in [-0.05, 0) is 34.1 Å². The van der Waals surface area contributed by atoms with Crippen molar-refractivity contribution in [3.05, 3.63) is 63.4 Å². The Morgan fingerprint density at radius 1 is 1.42 bits per heavy atom. The topological polar surface area (TPSA) is 81.0 Å². The standard InChI is InChI=1S/C16H12BrF2N3O2/c1-24-14(10-6-22-16-9(10)4-7(17)5-21-16)12-11(18)3-2-8(13(12)19)15(20)23/h2-6,14H,1H3,(H2,20,23)(H,21,22). The van der Waals surface area contributed by atoms with Crippen LogP contribution in [0.25, 0.3) is 11.0 Å². The average Bonchev–Trinajstić information content (AvgIpc) is 2.93. The van der Waals surface area contributed by atoms with E-state index >= 15 is 0 Å². The molecule has 0 spiro atoms. The Morgan fingerprint density at radius 3 is 2.83 bits per heavy atom. The smallest absolute Gasteiger partial charge is 0.251 e. The lowest BCUT2D eigenvalue weighted by Crippen LogP contribution is -2.17. The van der Waals surface area contributed by atoms with Crippen LogP contribution in [0.4, 0.5) is 8.78 Å². The number of amides is 1. The number of methoxy groups -OCH3 is 1. The first-order valence-electron chi connectivity index (χ1n) is 6.87. The second kappa shape index (κ2) is 6.29. The van der Waals surface area contributed by atoms with Crippen molar-refractivity contribution in [3.63, 3.8) is 0 Å². The van der Waals surface area contributed by atoms with Gasteiger partial charge in [-0.2, -0.15) is 0 Å². The van der Waals surface area contributed by atoms with E-state index in [1.54, 1.807) is 18.5 Å². The van der Waals surface area contributed by atoms with Crippen LogP contribution < -0.4 is 5.73 Å². The van der Waals surface area contributed by atoms with E-state index in [-0.39, 0.29) is 5.56 Å². The zero-order valence-corrected chi connectivity index (χ0v) is 14.0. The number of rotatable bonds is 4. The van der Waals surface area contributed by atoms with Crippen molar-refractivity contribution in [2.45, 2.75) is 6.10 Å². The summed E-state index contributed by atoms with van der Waals surface area (Å²) in [5, 5.41) is 0.638.